The minimum Gasteiger partial charge on any atom is -0.315 e. The van der Waals surface area contributed by atoms with Crippen LogP contribution < -0.4 is 5.73 Å². The summed E-state index contributed by atoms with van der Waals surface area (Å²) in [5, 5.41) is 8.39. The lowest BCUT2D eigenvalue weighted by molar-refractivity contribution is 0.442. The fourth-order valence-electron chi connectivity index (χ4n) is 2.98. The highest BCUT2D eigenvalue weighted by atomic mass is 15.3. The molecule has 1 aliphatic rings. The summed E-state index contributed by atoms with van der Waals surface area (Å²) >= 11 is 0. The number of aromatic nitrogens is 3. The first-order chi connectivity index (χ1) is 9.19. The van der Waals surface area contributed by atoms with Crippen molar-refractivity contribution >= 4 is 0 Å². The first kappa shape index (κ1) is 12.4. The Morgan fingerprint density at radius 1 is 1.21 bits per heavy atom. The van der Waals surface area contributed by atoms with Gasteiger partial charge in [-0.3, -0.25) is 0 Å². The largest absolute Gasteiger partial charge is 0.315 e. The molecule has 4 nitrogen and oxygen atoms in total. The molecular formula is C15H20N4. The molecule has 0 spiro atoms. The van der Waals surface area contributed by atoms with Crippen molar-refractivity contribution in [3.05, 3.63) is 48.0 Å². The third kappa shape index (κ3) is 2.16. The van der Waals surface area contributed by atoms with Gasteiger partial charge < -0.3 is 10.3 Å². The van der Waals surface area contributed by atoms with Gasteiger partial charge in [-0.25, -0.2) is 0 Å². The van der Waals surface area contributed by atoms with E-state index in [1.54, 1.807) is 0 Å². The van der Waals surface area contributed by atoms with Gasteiger partial charge in [-0.05, 0) is 25.3 Å². The van der Waals surface area contributed by atoms with Gasteiger partial charge in [0.2, 0.25) is 0 Å². The molecule has 0 amide bonds. The molecule has 19 heavy (non-hydrogen) atoms. The molecule has 1 saturated carbocycles. The number of rotatable bonds is 3. The van der Waals surface area contributed by atoms with Gasteiger partial charge in [-0.2, -0.15) is 0 Å². The maximum absolute atomic E-state index is 6.55. The predicted molar refractivity (Wildman–Crippen MR) is 74.6 cm³/mol. The van der Waals surface area contributed by atoms with E-state index in [1.165, 1.54) is 25.7 Å². The monoisotopic (exact) mass is 256 g/mol. The van der Waals surface area contributed by atoms with E-state index in [0.29, 0.717) is 6.04 Å². The molecule has 1 heterocycles. The fourth-order valence-corrected chi connectivity index (χ4v) is 2.98. The second-order valence-corrected chi connectivity index (χ2v) is 5.57. The number of nitrogens with two attached hydrogens (primary N) is 1. The van der Waals surface area contributed by atoms with E-state index in [-0.39, 0.29) is 0 Å². The molecule has 0 radical (unpaired) electrons. The van der Waals surface area contributed by atoms with Gasteiger partial charge in [-0.1, -0.05) is 43.2 Å². The van der Waals surface area contributed by atoms with Crippen molar-refractivity contribution in [3.63, 3.8) is 0 Å². The van der Waals surface area contributed by atoms with Gasteiger partial charge in [0.05, 0.1) is 5.54 Å². The van der Waals surface area contributed by atoms with Crippen LogP contribution in [0, 0.1) is 0 Å². The van der Waals surface area contributed by atoms with Crippen molar-refractivity contribution in [1.82, 2.24) is 14.8 Å². The molecule has 1 aliphatic carbocycles. The summed E-state index contributed by atoms with van der Waals surface area (Å²) in [6, 6.07) is 10.6. The average Bonchev–Trinajstić information content (AvgIpc) is 3.10. The van der Waals surface area contributed by atoms with Gasteiger partial charge in [0, 0.05) is 6.04 Å². The normalized spacial score (nSPS) is 19.5. The Morgan fingerprint density at radius 2 is 1.89 bits per heavy atom. The smallest absolute Gasteiger partial charge is 0.157 e. The molecule has 2 aromatic rings. The van der Waals surface area contributed by atoms with E-state index >= 15 is 0 Å². The minimum absolute atomic E-state index is 0.511. The van der Waals surface area contributed by atoms with Gasteiger partial charge in [0.25, 0.3) is 0 Å². The molecule has 0 aliphatic heterocycles. The Labute approximate surface area is 113 Å². The van der Waals surface area contributed by atoms with Gasteiger partial charge in [0.15, 0.2) is 5.82 Å². The van der Waals surface area contributed by atoms with Crippen LogP contribution in [-0.2, 0) is 5.54 Å². The average molecular weight is 256 g/mol. The number of hydrogen-bond acceptors (Lipinski definition) is 3. The second-order valence-electron chi connectivity index (χ2n) is 5.57. The predicted octanol–water partition coefficient (Wildman–Crippen LogP) is 2.62. The summed E-state index contributed by atoms with van der Waals surface area (Å²) in [7, 11) is 0. The van der Waals surface area contributed by atoms with Crippen LogP contribution in [0.3, 0.4) is 0 Å². The maximum atomic E-state index is 6.55. The Kier molecular flexibility index (Phi) is 3.11. The lowest BCUT2D eigenvalue weighted by Crippen LogP contribution is -2.38. The van der Waals surface area contributed by atoms with E-state index < -0.39 is 5.54 Å². The molecule has 4 heteroatoms. The number of nitrogens with zero attached hydrogens (tertiary/aromatic N) is 3. The third-order valence-corrected chi connectivity index (χ3v) is 4.13. The van der Waals surface area contributed by atoms with Crippen molar-refractivity contribution in [3.8, 4) is 0 Å². The minimum atomic E-state index is -0.597. The molecule has 1 aromatic heterocycles. The zero-order chi connectivity index (χ0) is 13.3. The summed E-state index contributed by atoms with van der Waals surface area (Å²) < 4.78 is 2.18. The van der Waals surface area contributed by atoms with Crippen molar-refractivity contribution in [2.24, 2.45) is 5.73 Å². The van der Waals surface area contributed by atoms with Crippen LogP contribution in [0.25, 0.3) is 0 Å². The highest BCUT2D eigenvalue weighted by Crippen LogP contribution is 2.33. The lowest BCUT2D eigenvalue weighted by Gasteiger charge is -2.26. The molecule has 0 saturated heterocycles. The first-order valence-corrected chi connectivity index (χ1v) is 6.94. The highest BCUT2D eigenvalue weighted by Gasteiger charge is 2.32. The molecule has 1 fully saturated rings. The zero-order valence-electron chi connectivity index (χ0n) is 11.3. The van der Waals surface area contributed by atoms with Crippen LogP contribution in [-0.4, -0.2) is 14.8 Å². The van der Waals surface area contributed by atoms with Gasteiger partial charge in [-0.15, -0.1) is 10.2 Å². The highest BCUT2D eigenvalue weighted by molar-refractivity contribution is 5.30. The Hall–Kier alpha value is -1.68. The van der Waals surface area contributed by atoms with Crippen LogP contribution >= 0.6 is 0 Å². The Balaban J connectivity index is 2.00. The Morgan fingerprint density at radius 3 is 2.58 bits per heavy atom. The van der Waals surface area contributed by atoms with E-state index in [9.17, 15) is 0 Å². The van der Waals surface area contributed by atoms with Crippen molar-refractivity contribution < 1.29 is 0 Å². The third-order valence-electron chi connectivity index (χ3n) is 4.13. The van der Waals surface area contributed by atoms with Crippen LogP contribution in [0.4, 0.5) is 0 Å². The van der Waals surface area contributed by atoms with Crippen molar-refractivity contribution in [2.75, 3.05) is 0 Å². The van der Waals surface area contributed by atoms with Crippen molar-refractivity contribution in [2.45, 2.75) is 44.2 Å². The van der Waals surface area contributed by atoms with Gasteiger partial charge in [0.1, 0.15) is 6.33 Å². The molecule has 2 N–H and O–H groups in total. The van der Waals surface area contributed by atoms with Crippen LogP contribution in [0.5, 0.6) is 0 Å². The molecule has 1 atom stereocenters. The van der Waals surface area contributed by atoms with Gasteiger partial charge >= 0.3 is 0 Å². The van der Waals surface area contributed by atoms with Crippen molar-refractivity contribution in [1.29, 1.82) is 0 Å². The topological polar surface area (TPSA) is 56.7 Å². The second kappa shape index (κ2) is 4.78. The summed E-state index contributed by atoms with van der Waals surface area (Å²) in [5.74, 6) is 0.866. The van der Waals surface area contributed by atoms with E-state index in [2.05, 4.69) is 14.8 Å². The first-order valence-electron chi connectivity index (χ1n) is 6.94. The summed E-state index contributed by atoms with van der Waals surface area (Å²) in [4.78, 5) is 0. The molecule has 1 unspecified atom stereocenters. The van der Waals surface area contributed by atoms with Crippen LogP contribution in [0.15, 0.2) is 36.7 Å². The lowest BCUT2D eigenvalue weighted by atomic mass is 9.92. The fraction of sp³-hybridized carbons (Fsp3) is 0.467. The Bertz CT molecular complexity index is 538. The van der Waals surface area contributed by atoms with Crippen LogP contribution in [0.2, 0.25) is 0 Å². The quantitative estimate of drug-likeness (QED) is 0.918. The number of hydrogen-bond donors (Lipinski definition) is 1. The zero-order valence-corrected chi connectivity index (χ0v) is 11.3. The van der Waals surface area contributed by atoms with E-state index in [4.69, 9.17) is 5.73 Å². The SMILES string of the molecule is CC(N)(c1ccccc1)c1nncn1C1CCCC1. The van der Waals surface area contributed by atoms with E-state index in [1.807, 2.05) is 43.6 Å². The summed E-state index contributed by atoms with van der Waals surface area (Å²) in [5.41, 5.74) is 7.02. The molecule has 100 valence electrons. The number of benzene rings is 1. The molecule has 0 bridgehead atoms. The summed E-state index contributed by atoms with van der Waals surface area (Å²) in [6.07, 6.45) is 6.81. The molecule has 3 rings (SSSR count). The maximum Gasteiger partial charge on any atom is 0.157 e. The standard InChI is InChI=1S/C15H20N4/c1-15(16,12-7-3-2-4-8-12)14-18-17-11-19(14)13-9-5-6-10-13/h2-4,7-8,11,13H,5-6,9-10,16H2,1H3. The van der Waals surface area contributed by atoms with Crippen LogP contribution in [0.1, 0.15) is 50.0 Å². The van der Waals surface area contributed by atoms with E-state index in [0.717, 1.165) is 11.4 Å². The summed E-state index contributed by atoms with van der Waals surface area (Å²) in [6.45, 7) is 2.01. The molecular weight excluding hydrogens is 236 g/mol. The molecule has 1 aromatic carbocycles.